The monoisotopic (exact) mass is 558 g/mol. The van der Waals surface area contributed by atoms with E-state index in [0.717, 1.165) is 18.2 Å². The lowest BCUT2D eigenvalue weighted by atomic mass is 9.99. The maximum atomic E-state index is 12.9. The lowest BCUT2D eigenvalue weighted by Gasteiger charge is -2.39. The summed E-state index contributed by atoms with van der Waals surface area (Å²) in [6.45, 7) is -0.766. The SMILES string of the molecule is COc1ccc(-c2cc(=O)c3c(O)cc(O)c(O[C@@H]4OC(CO)[C@@H](O)[C@H](O)C4O)c3o2)cc1OS(=O)(=O)O. The van der Waals surface area contributed by atoms with Gasteiger partial charge in [0.15, 0.2) is 28.3 Å². The van der Waals surface area contributed by atoms with E-state index in [1.165, 1.54) is 19.2 Å². The number of rotatable bonds is 7. The van der Waals surface area contributed by atoms with Crippen LogP contribution in [0.3, 0.4) is 0 Å². The number of fused-ring (bicyclic) bond motifs is 1. The number of ether oxygens (including phenoxy) is 3. The van der Waals surface area contributed by atoms with E-state index in [1.807, 2.05) is 0 Å². The Kier molecular flexibility index (Phi) is 7.39. The minimum Gasteiger partial charge on any atom is -0.507 e. The standard InChI is InChI=1S/C22H22O15S/c1-33-12-3-2-8(4-14(12)37-38(30,31)32)13-6-10(25)16-9(24)5-11(26)20(21(16)34-13)36-22-19(29)18(28)17(27)15(7-23)35-22/h2-6,15,17-19,22-24,26-29H,7H2,1H3,(H,30,31,32)/t15?,17-,18+,19?,22+/m1/s1. The van der Waals surface area contributed by atoms with Crippen LogP contribution in [0.4, 0.5) is 0 Å². The van der Waals surface area contributed by atoms with Crippen molar-refractivity contribution >= 4 is 21.4 Å². The quantitative estimate of drug-likeness (QED) is 0.176. The summed E-state index contributed by atoms with van der Waals surface area (Å²) in [5.74, 6) is -2.93. The lowest BCUT2D eigenvalue weighted by Crippen LogP contribution is -2.60. The molecule has 5 atom stereocenters. The van der Waals surface area contributed by atoms with E-state index in [1.54, 1.807) is 0 Å². The Morgan fingerprint density at radius 1 is 0.974 bits per heavy atom. The Morgan fingerprint density at radius 2 is 1.68 bits per heavy atom. The predicted molar refractivity (Wildman–Crippen MR) is 124 cm³/mol. The van der Waals surface area contributed by atoms with Crippen LogP contribution < -0.4 is 19.1 Å². The molecule has 0 saturated carbocycles. The van der Waals surface area contributed by atoms with E-state index in [2.05, 4.69) is 4.18 Å². The van der Waals surface area contributed by atoms with Gasteiger partial charge in [-0.05, 0) is 18.2 Å². The van der Waals surface area contributed by atoms with Gasteiger partial charge in [0.05, 0.1) is 13.7 Å². The second kappa shape index (κ2) is 10.3. The largest absolute Gasteiger partial charge is 0.507 e. The summed E-state index contributed by atoms with van der Waals surface area (Å²) < 4.78 is 57.4. The Balaban J connectivity index is 1.85. The fourth-order valence-electron chi connectivity index (χ4n) is 3.83. The number of benzene rings is 2. The van der Waals surface area contributed by atoms with Gasteiger partial charge in [-0.3, -0.25) is 9.35 Å². The number of aromatic hydroxyl groups is 2. The summed E-state index contributed by atoms with van der Waals surface area (Å²) >= 11 is 0. The Bertz CT molecular complexity index is 1510. The van der Waals surface area contributed by atoms with Crippen molar-refractivity contribution in [2.24, 2.45) is 0 Å². The summed E-state index contributed by atoms with van der Waals surface area (Å²) in [5, 5.41) is 60.0. The highest BCUT2D eigenvalue weighted by atomic mass is 32.3. The molecule has 16 heteroatoms. The summed E-state index contributed by atoms with van der Waals surface area (Å²) in [6, 6.07) is 5.31. The molecule has 1 saturated heterocycles. The predicted octanol–water partition coefficient (Wildman–Crippen LogP) is -0.760. The molecule has 2 heterocycles. The van der Waals surface area contributed by atoms with Crippen molar-refractivity contribution in [2.45, 2.75) is 30.7 Å². The van der Waals surface area contributed by atoms with Gasteiger partial charge in [-0.1, -0.05) is 0 Å². The molecular weight excluding hydrogens is 536 g/mol. The Hall–Kier alpha value is -3.64. The number of methoxy groups -OCH3 is 1. The summed E-state index contributed by atoms with van der Waals surface area (Å²) in [6.07, 6.45) is -8.54. The molecule has 2 unspecified atom stereocenters. The molecule has 0 radical (unpaired) electrons. The molecule has 1 aromatic heterocycles. The van der Waals surface area contributed by atoms with Gasteiger partial charge in [0.1, 0.15) is 41.3 Å². The molecule has 206 valence electrons. The van der Waals surface area contributed by atoms with E-state index in [9.17, 15) is 43.9 Å². The number of hydrogen-bond donors (Lipinski definition) is 7. The van der Waals surface area contributed by atoms with E-state index >= 15 is 0 Å². The zero-order chi connectivity index (χ0) is 27.9. The first kappa shape index (κ1) is 27.4. The minimum absolute atomic E-state index is 0.0186. The van der Waals surface area contributed by atoms with Crippen LogP contribution >= 0.6 is 0 Å². The highest BCUT2D eigenvalue weighted by molar-refractivity contribution is 7.81. The number of hydrogen-bond acceptors (Lipinski definition) is 14. The van der Waals surface area contributed by atoms with Gasteiger partial charge in [-0.15, -0.1) is 0 Å². The van der Waals surface area contributed by atoms with Crippen molar-refractivity contribution in [3.8, 4) is 40.1 Å². The zero-order valence-electron chi connectivity index (χ0n) is 19.3. The lowest BCUT2D eigenvalue weighted by molar-refractivity contribution is -0.277. The van der Waals surface area contributed by atoms with Crippen molar-refractivity contribution in [3.05, 3.63) is 40.6 Å². The van der Waals surface area contributed by atoms with Crippen LogP contribution in [0, 0.1) is 0 Å². The van der Waals surface area contributed by atoms with Gasteiger partial charge in [-0.25, -0.2) is 0 Å². The molecule has 1 aliphatic heterocycles. The maximum Gasteiger partial charge on any atom is 0.446 e. The summed E-state index contributed by atoms with van der Waals surface area (Å²) in [4.78, 5) is 12.9. The molecule has 0 bridgehead atoms. The molecule has 3 aromatic rings. The third kappa shape index (κ3) is 5.18. The van der Waals surface area contributed by atoms with Crippen molar-refractivity contribution in [3.63, 3.8) is 0 Å². The number of aliphatic hydroxyl groups is 4. The van der Waals surface area contributed by atoms with Gasteiger partial charge >= 0.3 is 10.4 Å². The second-order valence-corrected chi connectivity index (χ2v) is 9.14. The number of aliphatic hydroxyl groups excluding tert-OH is 4. The van der Waals surface area contributed by atoms with E-state index in [0.29, 0.717) is 0 Å². The average Bonchev–Trinajstić information content (AvgIpc) is 2.84. The molecule has 4 rings (SSSR count). The van der Waals surface area contributed by atoms with Gasteiger partial charge in [0.25, 0.3) is 0 Å². The van der Waals surface area contributed by atoms with Gasteiger partial charge < -0.3 is 53.4 Å². The molecule has 1 aliphatic rings. The Labute approximate surface area is 213 Å². The first-order valence-corrected chi connectivity index (χ1v) is 12.1. The third-order valence-corrected chi connectivity index (χ3v) is 6.03. The van der Waals surface area contributed by atoms with Gasteiger partial charge in [-0.2, -0.15) is 8.42 Å². The molecule has 2 aromatic carbocycles. The van der Waals surface area contributed by atoms with Crippen LogP contribution in [0.25, 0.3) is 22.3 Å². The van der Waals surface area contributed by atoms with Crippen LogP contribution in [0.2, 0.25) is 0 Å². The minimum atomic E-state index is -4.96. The van der Waals surface area contributed by atoms with Crippen molar-refractivity contribution in [1.29, 1.82) is 0 Å². The Morgan fingerprint density at radius 3 is 2.32 bits per heavy atom. The van der Waals surface area contributed by atoms with E-state index in [4.69, 9.17) is 23.2 Å². The first-order valence-electron chi connectivity index (χ1n) is 10.7. The average molecular weight is 558 g/mol. The van der Waals surface area contributed by atoms with Crippen LogP contribution in [0.5, 0.6) is 28.7 Å². The molecule has 1 fully saturated rings. The van der Waals surface area contributed by atoms with Crippen LogP contribution in [-0.4, -0.2) is 88.0 Å². The molecule has 38 heavy (non-hydrogen) atoms. The molecule has 0 amide bonds. The smallest absolute Gasteiger partial charge is 0.446 e. The zero-order valence-corrected chi connectivity index (χ0v) is 20.1. The van der Waals surface area contributed by atoms with Crippen LogP contribution in [0.1, 0.15) is 0 Å². The first-order chi connectivity index (χ1) is 17.8. The summed E-state index contributed by atoms with van der Waals surface area (Å²) in [5.41, 5.74) is -1.37. The highest BCUT2D eigenvalue weighted by Crippen LogP contribution is 2.42. The molecule has 15 nitrogen and oxygen atoms in total. The maximum absolute atomic E-state index is 12.9. The van der Waals surface area contributed by atoms with E-state index in [-0.39, 0.29) is 17.1 Å². The van der Waals surface area contributed by atoms with Crippen LogP contribution in [-0.2, 0) is 15.1 Å². The van der Waals surface area contributed by atoms with Gasteiger partial charge in [0.2, 0.25) is 12.0 Å². The molecule has 7 N–H and O–H groups in total. The fraction of sp³-hybridized carbons (Fsp3) is 0.318. The fourth-order valence-corrected chi connectivity index (χ4v) is 4.18. The molecule has 0 spiro atoms. The number of phenols is 2. The molecular formula is C22H22O15S. The van der Waals surface area contributed by atoms with E-state index < -0.39 is 87.1 Å². The molecule has 0 aliphatic carbocycles. The third-order valence-electron chi connectivity index (χ3n) is 5.64. The van der Waals surface area contributed by atoms with Crippen LogP contribution in [0.15, 0.2) is 39.5 Å². The summed E-state index contributed by atoms with van der Waals surface area (Å²) in [7, 11) is -3.75. The topological polar surface area (TPSA) is 243 Å². The van der Waals surface area contributed by atoms with Crippen molar-refractivity contribution in [1.82, 2.24) is 0 Å². The highest BCUT2D eigenvalue weighted by Gasteiger charge is 2.45. The second-order valence-electron chi connectivity index (χ2n) is 8.11. The van der Waals surface area contributed by atoms with Crippen molar-refractivity contribution < 1.29 is 66.4 Å². The van der Waals surface area contributed by atoms with Gasteiger partial charge in [0, 0.05) is 17.7 Å². The number of phenolic OH excluding ortho intramolecular Hbond substituents is 2. The van der Waals surface area contributed by atoms with Crippen molar-refractivity contribution in [2.75, 3.05) is 13.7 Å². The normalized spacial score (nSPS) is 23.8.